The molecule has 0 saturated heterocycles. The number of aryl methyl sites for hydroxylation is 1. The lowest BCUT2D eigenvalue weighted by Gasteiger charge is -2.13. The Balaban J connectivity index is 1.47. The number of hydrogen-bond donors (Lipinski definition) is 1. The number of benzene rings is 2. The van der Waals surface area contributed by atoms with Gasteiger partial charge in [0.1, 0.15) is 12.4 Å². The molecule has 0 fully saturated rings. The van der Waals surface area contributed by atoms with E-state index in [0.717, 1.165) is 56.8 Å². The minimum atomic E-state index is 0.441. The van der Waals surface area contributed by atoms with Crippen LogP contribution in [0.3, 0.4) is 0 Å². The predicted octanol–water partition coefficient (Wildman–Crippen LogP) is 4.48. The molecule has 0 atom stereocenters. The Morgan fingerprint density at radius 3 is 2.86 bits per heavy atom. The van der Waals surface area contributed by atoms with Crippen molar-refractivity contribution in [3.63, 3.8) is 0 Å². The lowest BCUT2D eigenvalue weighted by Crippen LogP contribution is -2.16. The molecule has 0 unspecified atom stereocenters. The van der Waals surface area contributed by atoms with E-state index in [1.165, 1.54) is 0 Å². The first-order chi connectivity index (χ1) is 13.6. The SMILES string of the molecule is Cn1nnnc1SCCCNCc1cc(Br)ccc1OCc1ccccc1Cl. The van der Waals surface area contributed by atoms with Crippen LogP contribution in [0.2, 0.25) is 5.02 Å². The van der Waals surface area contributed by atoms with Crippen LogP contribution in [-0.4, -0.2) is 32.5 Å². The van der Waals surface area contributed by atoms with Gasteiger partial charge in [-0.25, -0.2) is 4.68 Å². The number of ether oxygens (including phenoxy) is 1. The zero-order valence-corrected chi connectivity index (χ0v) is 18.6. The molecular weight excluding hydrogens is 462 g/mol. The molecule has 0 aliphatic rings. The summed E-state index contributed by atoms with van der Waals surface area (Å²) in [5.74, 6) is 1.81. The third-order valence-corrected chi connectivity index (χ3v) is 5.95. The predicted molar refractivity (Wildman–Crippen MR) is 116 cm³/mol. The van der Waals surface area contributed by atoms with Gasteiger partial charge in [-0.05, 0) is 47.7 Å². The zero-order valence-electron chi connectivity index (χ0n) is 15.4. The molecule has 0 aliphatic heterocycles. The van der Waals surface area contributed by atoms with Crippen molar-refractivity contribution in [1.29, 1.82) is 0 Å². The first kappa shape index (κ1) is 21.1. The van der Waals surface area contributed by atoms with Crippen molar-refractivity contribution in [2.24, 2.45) is 7.05 Å². The zero-order chi connectivity index (χ0) is 19.8. The van der Waals surface area contributed by atoms with Gasteiger partial charge in [0.25, 0.3) is 0 Å². The summed E-state index contributed by atoms with van der Waals surface area (Å²) in [5, 5.41) is 16.5. The monoisotopic (exact) mass is 481 g/mol. The molecule has 3 rings (SSSR count). The maximum Gasteiger partial charge on any atom is 0.209 e. The molecule has 0 bridgehead atoms. The van der Waals surface area contributed by atoms with Crippen LogP contribution >= 0.6 is 39.3 Å². The lowest BCUT2D eigenvalue weighted by atomic mass is 10.2. The Hall–Kier alpha value is -1.61. The number of nitrogens with one attached hydrogen (secondary N) is 1. The molecule has 0 saturated carbocycles. The maximum atomic E-state index is 6.22. The summed E-state index contributed by atoms with van der Waals surface area (Å²) in [6.07, 6.45) is 1.02. The minimum Gasteiger partial charge on any atom is -0.489 e. The normalized spacial score (nSPS) is 11.0. The molecule has 1 aromatic heterocycles. The minimum absolute atomic E-state index is 0.441. The molecule has 148 valence electrons. The van der Waals surface area contributed by atoms with E-state index >= 15 is 0 Å². The van der Waals surface area contributed by atoms with Gasteiger partial charge in [0.05, 0.1) is 0 Å². The molecule has 1 heterocycles. The molecule has 0 aliphatic carbocycles. The van der Waals surface area contributed by atoms with Crippen LogP contribution < -0.4 is 10.1 Å². The van der Waals surface area contributed by atoms with Crippen molar-refractivity contribution in [1.82, 2.24) is 25.5 Å². The lowest BCUT2D eigenvalue weighted by molar-refractivity contribution is 0.302. The molecule has 0 spiro atoms. The van der Waals surface area contributed by atoms with Gasteiger partial charge in [-0.3, -0.25) is 0 Å². The number of thioether (sulfide) groups is 1. The van der Waals surface area contributed by atoms with Gasteiger partial charge >= 0.3 is 0 Å². The highest BCUT2D eigenvalue weighted by Crippen LogP contribution is 2.25. The van der Waals surface area contributed by atoms with Gasteiger partial charge in [-0.1, -0.05) is 57.5 Å². The van der Waals surface area contributed by atoms with E-state index in [9.17, 15) is 0 Å². The molecule has 2 aromatic carbocycles. The third kappa shape index (κ3) is 6.20. The van der Waals surface area contributed by atoms with Crippen LogP contribution in [0.15, 0.2) is 52.1 Å². The van der Waals surface area contributed by atoms with E-state index in [1.54, 1.807) is 16.4 Å². The van der Waals surface area contributed by atoms with Crippen LogP contribution in [0, 0.1) is 0 Å². The summed E-state index contributed by atoms with van der Waals surface area (Å²) in [6, 6.07) is 13.8. The summed E-state index contributed by atoms with van der Waals surface area (Å²) in [4.78, 5) is 0. The van der Waals surface area contributed by atoms with E-state index in [2.05, 4.69) is 42.8 Å². The van der Waals surface area contributed by atoms with Crippen molar-refractivity contribution < 1.29 is 4.74 Å². The summed E-state index contributed by atoms with van der Waals surface area (Å²) in [6.45, 7) is 2.07. The topological polar surface area (TPSA) is 64.9 Å². The Labute approximate surface area is 182 Å². The fourth-order valence-corrected chi connectivity index (χ4v) is 3.91. The summed E-state index contributed by atoms with van der Waals surface area (Å²) >= 11 is 11.4. The second-order valence-corrected chi connectivity index (χ2v) is 8.48. The molecular formula is C19H21BrClN5OS. The molecule has 1 N–H and O–H groups in total. The molecule has 6 nitrogen and oxygen atoms in total. The molecule has 0 radical (unpaired) electrons. The number of halogens is 2. The number of nitrogens with zero attached hydrogens (tertiary/aromatic N) is 4. The van der Waals surface area contributed by atoms with Gasteiger partial charge in [0.15, 0.2) is 0 Å². The standard InChI is InChI=1S/C19H21BrClN5OS/c1-26-19(23-24-25-26)28-10-4-9-22-12-15-11-16(20)7-8-18(15)27-13-14-5-2-3-6-17(14)21/h2-3,5-8,11,22H,4,9-10,12-13H2,1H3. The van der Waals surface area contributed by atoms with Crippen molar-refractivity contribution in [2.75, 3.05) is 12.3 Å². The molecule has 0 amide bonds. The molecule has 9 heteroatoms. The van der Waals surface area contributed by atoms with E-state index in [0.29, 0.717) is 6.61 Å². The summed E-state index contributed by atoms with van der Waals surface area (Å²) in [5.41, 5.74) is 2.08. The van der Waals surface area contributed by atoms with Crippen LogP contribution in [0.25, 0.3) is 0 Å². The van der Waals surface area contributed by atoms with Crippen LogP contribution in [0.5, 0.6) is 5.75 Å². The van der Waals surface area contributed by atoms with Crippen LogP contribution in [0.1, 0.15) is 17.5 Å². The Morgan fingerprint density at radius 2 is 2.07 bits per heavy atom. The average Bonchev–Trinajstić information content (AvgIpc) is 3.10. The van der Waals surface area contributed by atoms with E-state index in [-0.39, 0.29) is 0 Å². The van der Waals surface area contributed by atoms with Crippen molar-refractivity contribution >= 4 is 39.3 Å². The van der Waals surface area contributed by atoms with Gasteiger partial charge in [0.2, 0.25) is 5.16 Å². The van der Waals surface area contributed by atoms with E-state index in [1.807, 2.05) is 43.4 Å². The summed E-state index contributed by atoms with van der Waals surface area (Å²) < 4.78 is 8.74. The highest BCUT2D eigenvalue weighted by Gasteiger charge is 2.07. The number of aromatic nitrogens is 4. The number of tetrazole rings is 1. The van der Waals surface area contributed by atoms with E-state index in [4.69, 9.17) is 16.3 Å². The Kier molecular flexibility index (Phi) is 8.14. The first-order valence-corrected chi connectivity index (χ1v) is 11.0. The quantitative estimate of drug-likeness (QED) is 0.340. The smallest absolute Gasteiger partial charge is 0.209 e. The summed E-state index contributed by atoms with van der Waals surface area (Å²) in [7, 11) is 1.85. The van der Waals surface area contributed by atoms with Gasteiger partial charge in [0, 0.05) is 40.0 Å². The Morgan fingerprint density at radius 1 is 1.21 bits per heavy atom. The highest BCUT2D eigenvalue weighted by atomic mass is 79.9. The first-order valence-electron chi connectivity index (χ1n) is 8.84. The average molecular weight is 483 g/mol. The number of rotatable bonds is 10. The maximum absolute atomic E-state index is 6.22. The van der Waals surface area contributed by atoms with E-state index < -0.39 is 0 Å². The second-order valence-electron chi connectivity index (χ2n) is 6.10. The fourth-order valence-electron chi connectivity index (χ4n) is 2.53. The highest BCUT2D eigenvalue weighted by molar-refractivity contribution is 9.10. The molecule has 3 aromatic rings. The Bertz CT molecular complexity index is 908. The van der Waals surface area contributed by atoms with Gasteiger partial charge in [-0.2, -0.15) is 0 Å². The largest absolute Gasteiger partial charge is 0.489 e. The van der Waals surface area contributed by atoms with Crippen LogP contribution in [0.4, 0.5) is 0 Å². The van der Waals surface area contributed by atoms with Crippen molar-refractivity contribution in [2.45, 2.75) is 24.7 Å². The van der Waals surface area contributed by atoms with Crippen LogP contribution in [-0.2, 0) is 20.2 Å². The van der Waals surface area contributed by atoms with Gasteiger partial charge in [-0.15, -0.1) is 5.10 Å². The fraction of sp³-hybridized carbons (Fsp3) is 0.316. The van der Waals surface area contributed by atoms with Crippen molar-refractivity contribution in [3.05, 3.63) is 63.1 Å². The third-order valence-electron chi connectivity index (χ3n) is 3.99. The second kappa shape index (κ2) is 10.8. The van der Waals surface area contributed by atoms with Crippen molar-refractivity contribution in [3.8, 4) is 5.75 Å². The van der Waals surface area contributed by atoms with Gasteiger partial charge < -0.3 is 10.1 Å². The number of hydrogen-bond acceptors (Lipinski definition) is 6. The molecule has 28 heavy (non-hydrogen) atoms.